The summed E-state index contributed by atoms with van der Waals surface area (Å²) in [6.07, 6.45) is 0.779. The molecule has 0 bridgehead atoms. The third-order valence-electron chi connectivity index (χ3n) is 5.53. The van der Waals surface area contributed by atoms with Gasteiger partial charge in [-0.05, 0) is 38.0 Å². The normalized spacial score (nSPS) is 10.8. The van der Waals surface area contributed by atoms with Crippen LogP contribution in [0.15, 0.2) is 65.5 Å². The van der Waals surface area contributed by atoms with Gasteiger partial charge in [0.05, 0.1) is 17.7 Å². The van der Waals surface area contributed by atoms with Crippen LogP contribution in [-0.4, -0.2) is 33.0 Å². The molecular weight excluding hydrogens is 418 g/mol. The van der Waals surface area contributed by atoms with Gasteiger partial charge in [-0.2, -0.15) is 0 Å². The third-order valence-corrected chi connectivity index (χ3v) is 5.53. The van der Waals surface area contributed by atoms with E-state index in [1.807, 2.05) is 37.3 Å². The summed E-state index contributed by atoms with van der Waals surface area (Å²) in [5.74, 6) is -0.524. The predicted octanol–water partition coefficient (Wildman–Crippen LogP) is 2.79. The predicted molar refractivity (Wildman–Crippen MR) is 127 cm³/mol. The number of nitrogens with zero attached hydrogens (tertiary/aromatic N) is 2. The number of benzene rings is 2. The molecule has 0 aliphatic carbocycles. The van der Waals surface area contributed by atoms with E-state index in [1.54, 1.807) is 35.7 Å². The summed E-state index contributed by atoms with van der Waals surface area (Å²) in [4.78, 5) is 41.7. The molecule has 4 rings (SSSR count). The monoisotopic (exact) mass is 443 g/mol. The fourth-order valence-electron chi connectivity index (χ4n) is 3.82. The number of para-hydroxylation sites is 1. The van der Waals surface area contributed by atoms with E-state index >= 15 is 0 Å². The van der Waals surface area contributed by atoms with Gasteiger partial charge in [-0.15, -0.1) is 0 Å². The molecule has 168 valence electrons. The Morgan fingerprint density at radius 2 is 1.76 bits per heavy atom. The lowest BCUT2D eigenvalue weighted by atomic mass is 10.1. The number of hydrogen-bond acceptors (Lipinski definition) is 4. The molecule has 0 fully saturated rings. The van der Waals surface area contributed by atoms with Crippen molar-refractivity contribution in [3.8, 4) is 0 Å². The van der Waals surface area contributed by atoms with Gasteiger partial charge in [-0.3, -0.25) is 19.5 Å². The van der Waals surface area contributed by atoms with Gasteiger partial charge < -0.3 is 10.6 Å². The van der Waals surface area contributed by atoms with Gasteiger partial charge in [-0.1, -0.05) is 42.5 Å². The Morgan fingerprint density at radius 3 is 2.55 bits per heavy atom. The van der Waals surface area contributed by atoms with Crippen LogP contribution in [0.25, 0.3) is 5.65 Å². The third kappa shape index (κ3) is 5.01. The van der Waals surface area contributed by atoms with E-state index in [0.717, 1.165) is 23.2 Å². The van der Waals surface area contributed by atoms with Crippen molar-refractivity contribution in [3.05, 3.63) is 99.1 Å². The first-order chi connectivity index (χ1) is 15.9. The molecule has 0 aliphatic rings. The number of nitrogens with one attached hydrogen (secondary N) is 3. The van der Waals surface area contributed by atoms with Crippen molar-refractivity contribution in [2.75, 3.05) is 11.9 Å². The van der Waals surface area contributed by atoms with Gasteiger partial charge >= 0.3 is 0 Å². The first kappa shape index (κ1) is 22.0. The first-order valence-electron chi connectivity index (χ1n) is 10.7. The van der Waals surface area contributed by atoms with Gasteiger partial charge in [0.25, 0.3) is 11.5 Å². The number of amides is 2. The summed E-state index contributed by atoms with van der Waals surface area (Å²) in [6.45, 7) is 4.12. The molecule has 3 N–H and O–H groups in total. The standard InChI is InChI=1S/C25H25N5O3/c1-16-20(17(2)30-22(27-16)15-24(32)29-30)14-23(31)28-21-11-7-6-10-19(21)25(33)26-13-12-18-8-4-3-5-9-18/h3-11,15H,12-14H2,1-2H3,(H,26,33)(H,28,31)(H,29,32). The second-order valence-electron chi connectivity index (χ2n) is 7.84. The average Bonchev–Trinajstić information content (AvgIpc) is 3.18. The Kier molecular flexibility index (Phi) is 6.35. The van der Waals surface area contributed by atoms with Gasteiger partial charge in [0, 0.05) is 29.6 Å². The molecular formula is C25H25N5O3. The minimum absolute atomic E-state index is 0.0603. The number of rotatable bonds is 7. The first-order valence-corrected chi connectivity index (χ1v) is 10.7. The maximum absolute atomic E-state index is 12.8. The number of aryl methyl sites for hydroxylation is 2. The maximum Gasteiger partial charge on any atom is 0.266 e. The fourth-order valence-corrected chi connectivity index (χ4v) is 3.82. The topological polar surface area (TPSA) is 108 Å². The molecule has 2 amide bonds. The molecule has 0 saturated carbocycles. The van der Waals surface area contributed by atoms with E-state index < -0.39 is 0 Å². The zero-order chi connectivity index (χ0) is 23.4. The van der Waals surface area contributed by atoms with E-state index in [4.69, 9.17) is 0 Å². The van der Waals surface area contributed by atoms with Crippen molar-refractivity contribution in [2.24, 2.45) is 0 Å². The molecule has 2 heterocycles. The van der Waals surface area contributed by atoms with Gasteiger partial charge in [0.15, 0.2) is 5.65 Å². The van der Waals surface area contributed by atoms with Gasteiger partial charge in [-0.25, -0.2) is 9.50 Å². The highest BCUT2D eigenvalue weighted by molar-refractivity contribution is 6.04. The highest BCUT2D eigenvalue weighted by Gasteiger charge is 2.17. The van der Waals surface area contributed by atoms with E-state index in [2.05, 4.69) is 20.7 Å². The molecule has 0 aliphatic heterocycles. The molecule has 8 heteroatoms. The zero-order valence-electron chi connectivity index (χ0n) is 18.5. The van der Waals surface area contributed by atoms with Crippen LogP contribution in [0.2, 0.25) is 0 Å². The van der Waals surface area contributed by atoms with Crippen molar-refractivity contribution in [1.82, 2.24) is 19.9 Å². The number of aromatic amines is 1. The summed E-state index contributed by atoms with van der Waals surface area (Å²) < 4.78 is 1.58. The zero-order valence-corrected chi connectivity index (χ0v) is 18.5. The maximum atomic E-state index is 12.8. The number of carbonyl (C=O) groups excluding carboxylic acids is 2. The Balaban J connectivity index is 1.45. The molecule has 33 heavy (non-hydrogen) atoms. The van der Waals surface area contributed by atoms with Crippen LogP contribution in [0.4, 0.5) is 5.69 Å². The quantitative estimate of drug-likeness (QED) is 0.408. The van der Waals surface area contributed by atoms with Crippen LogP contribution in [0, 0.1) is 13.8 Å². The Labute approximate surface area is 190 Å². The Bertz CT molecular complexity index is 1370. The molecule has 8 nitrogen and oxygen atoms in total. The van der Waals surface area contributed by atoms with Crippen LogP contribution < -0.4 is 16.2 Å². The number of anilines is 1. The summed E-state index contributed by atoms with van der Waals surface area (Å²) in [5.41, 5.74) is 4.37. The summed E-state index contributed by atoms with van der Waals surface area (Å²) >= 11 is 0. The number of H-pyrrole nitrogens is 1. The van der Waals surface area contributed by atoms with Crippen LogP contribution >= 0.6 is 0 Å². The van der Waals surface area contributed by atoms with E-state index in [0.29, 0.717) is 29.1 Å². The smallest absolute Gasteiger partial charge is 0.266 e. The molecule has 0 saturated heterocycles. The Morgan fingerprint density at radius 1 is 1.03 bits per heavy atom. The molecule has 0 radical (unpaired) electrons. The largest absolute Gasteiger partial charge is 0.352 e. The lowest BCUT2D eigenvalue weighted by Crippen LogP contribution is -2.27. The number of carbonyl (C=O) groups is 2. The Hall–Kier alpha value is -4.20. The number of aromatic nitrogens is 3. The minimum atomic E-state index is -0.276. The van der Waals surface area contributed by atoms with E-state index in [1.165, 1.54) is 6.07 Å². The van der Waals surface area contributed by atoms with Gasteiger partial charge in [0.2, 0.25) is 5.91 Å². The number of fused-ring (bicyclic) bond motifs is 1. The van der Waals surface area contributed by atoms with Crippen LogP contribution in [0.3, 0.4) is 0 Å². The molecule has 0 atom stereocenters. The highest BCUT2D eigenvalue weighted by atomic mass is 16.2. The van der Waals surface area contributed by atoms with Crippen molar-refractivity contribution in [1.29, 1.82) is 0 Å². The molecule has 0 spiro atoms. The SMILES string of the molecule is Cc1nc2cc(=O)[nH]n2c(C)c1CC(=O)Nc1ccccc1C(=O)NCCc1ccccc1. The molecule has 0 unspecified atom stereocenters. The van der Waals surface area contributed by atoms with Crippen LogP contribution in [0.1, 0.15) is 32.9 Å². The minimum Gasteiger partial charge on any atom is -0.352 e. The van der Waals surface area contributed by atoms with Crippen molar-refractivity contribution < 1.29 is 9.59 Å². The second-order valence-corrected chi connectivity index (χ2v) is 7.84. The molecule has 2 aromatic heterocycles. The van der Waals surface area contributed by atoms with Crippen molar-refractivity contribution in [3.63, 3.8) is 0 Å². The van der Waals surface area contributed by atoms with Crippen molar-refractivity contribution in [2.45, 2.75) is 26.7 Å². The summed E-state index contributed by atoms with van der Waals surface area (Å²) in [6, 6.07) is 18.2. The van der Waals surface area contributed by atoms with E-state index in [-0.39, 0.29) is 23.8 Å². The van der Waals surface area contributed by atoms with Crippen molar-refractivity contribution >= 4 is 23.1 Å². The summed E-state index contributed by atoms with van der Waals surface area (Å²) in [5, 5.41) is 8.45. The highest BCUT2D eigenvalue weighted by Crippen LogP contribution is 2.18. The lowest BCUT2D eigenvalue weighted by molar-refractivity contribution is -0.115. The fraction of sp³-hybridized carbons (Fsp3) is 0.200. The van der Waals surface area contributed by atoms with Crippen LogP contribution in [0.5, 0.6) is 0 Å². The van der Waals surface area contributed by atoms with E-state index in [9.17, 15) is 14.4 Å². The summed E-state index contributed by atoms with van der Waals surface area (Å²) in [7, 11) is 0. The second kappa shape index (κ2) is 9.52. The number of hydrogen-bond donors (Lipinski definition) is 3. The average molecular weight is 444 g/mol. The molecule has 4 aromatic rings. The van der Waals surface area contributed by atoms with Crippen LogP contribution in [-0.2, 0) is 17.6 Å². The molecule has 2 aromatic carbocycles. The van der Waals surface area contributed by atoms with Gasteiger partial charge in [0.1, 0.15) is 0 Å². The lowest BCUT2D eigenvalue weighted by Gasteiger charge is -2.14.